The van der Waals surface area contributed by atoms with Gasteiger partial charge in [0.1, 0.15) is 11.6 Å². The van der Waals surface area contributed by atoms with Crippen molar-refractivity contribution >= 4 is 33.7 Å². The number of amides is 3. The van der Waals surface area contributed by atoms with Crippen molar-refractivity contribution in [1.29, 1.82) is 0 Å². The molecule has 21 heavy (non-hydrogen) atoms. The van der Waals surface area contributed by atoms with Gasteiger partial charge in [-0.3, -0.25) is 15.0 Å². The zero-order valence-electron chi connectivity index (χ0n) is 11.3. The highest BCUT2D eigenvalue weighted by atomic mass is 79.9. The second kappa shape index (κ2) is 5.33. The minimum atomic E-state index is -0.406. The van der Waals surface area contributed by atoms with Crippen LogP contribution in [0.1, 0.15) is 6.42 Å². The number of nitrogens with one attached hydrogen (secondary N) is 1. The number of urea groups is 1. The number of anilines is 1. The molecule has 2 heterocycles. The van der Waals surface area contributed by atoms with Gasteiger partial charge in [0.15, 0.2) is 0 Å². The van der Waals surface area contributed by atoms with E-state index in [9.17, 15) is 9.59 Å². The van der Waals surface area contributed by atoms with E-state index < -0.39 is 6.03 Å². The number of nitrogens with zero attached hydrogens (tertiary/aromatic N) is 3. The lowest BCUT2D eigenvalue weighted by Crippen LogP contribution is -2.50. The van der Waals surface area contributed by atoms with Crippen molar-refractivity contribution in [2.75, 3.05) is 11.4 Å². The first-order valence-corrected chi connectivity index (χ1v) is 7.24. The first-order chi connectivity index (χ1) is 10.1. The third-order valence-corrected chi connectivity index (χ3v) is 3.93. The smallest absolute Gasteiger partial charge is 0.314 e. The Bertz CT molecular complexity index is 708. The fourth-order valence-electron chi connectivity index (χ4n) is 2.30. The van der Waals surface area contributed by atoms with Crippen LogP contribution < -0.4 is 10.2 Å². The molecular weight excluding hydrogens is 336 g/mol. The van der Waals surface area contributed by atoms with E-state index in [-0.39, 0.29) is 5.91 Å². The number of rotatable bonds is 2. The molecule has 0 atom stereocenters. The molecule has 1 aliphatic heterocycles. The Labute approximate surface area is 129 Å². The van der Waals surface area contributed by atoms with Gasteiger partial charge < -0.3 is 4.57 Å². The van der Waals surface area contributed by atoms with E-state index in [0.717, 1.165) is 15.9 Å². The van der Waals surface area contributed by atoms with Crippen LogP contribution in [0.5, 0.6) is 0 Å². The lowest BCUT2D eigenvalue weighted by molar-refractivity contribution is -0.120. The molecule has 0 bridgehead atoms. The van der Waals surface area contributed by atoms with Crippen molar-refractivity contribution in [3.8, 4) is 11.4 Å². The van der Waals surface area contributed by atoms with Crippen molar-refractivity contribution in [1.82, 2.24) is 14.9 Å². The molecule has 1 fully saturated rings. The number of benzene rings is 1. The monoisotopic (exact) mass is 348 g/mol. The molecule has 1 aromatic heterocycles. The summed E-state index contributed by atoms with van der Waals surface area (Å²) >= 11 is 3.40. The van der Waals surface area contributed by atoms with Crippen LogP contribution >= 0.6 is 15.9 Å². The minimum absolute atomic E-state index is 0.244. The van der Waals surface area contributed by atoms with Gasteiger partial charge in [0.25, 0.3) is 0 Å². The number of imide groups is 1. The standard InChI is InChI=1S/C14H13BrN4O2/c1-18-12(19-7-6-11(20)17-14(19)21)8-16-13(18)9-2-4-10(15)5-3-9/h2-5,8H,6-7H2,1H3,(H,17,20,21). The number of carbonyl (C=O) groups excluding carboxylic acids is 2. The Hall–Kier alpha value is -2.15. The van der Waals surface area contributed by atoms with E-state index in [4.69, 9.17) is 0 Å². The fraction of sp³-hybridized carbons (Fsp3) is 0.214. The topological polar surface area (TPSA) is 67.2 Å². The van der Waals surface area contributed by atoms with Crippen LogP contribution in [0.25, 0.3) is 11.4 Å². The van der Waals surface area contributed by atoms with Crippen LogP contribution in [0.4, 0.5) is 10.6 Å². The molecule has 2 aromatic rings. The van der Waals surface area contributed by atoms with Gasteiger partial charge in [0, 0.05) is 30.0 Å². The molecule has 0 spiro atoms. The lowest BCUT2D eigenvalue weighted by atomic mass is 10.2. The van der Waals surface area contributed by atoms with Crippen LogP contribution in [0.3, 0.4) is 0 Å². The summed E-state index contributed by atoms with van der Waals surface area (Å²) in [7, 11) is 1.85. The molecule has 0 unspecified atom stereocenters. The van der Waals surface area contributed by atoms with E-state index in [1.807, 2.05) is 35.9 Å². The van der Waals surface area contributed by atoms with Gasteiger partial charge in [-0.05, 0) is 12.1 Å². The summed E-state index contributed by atoms with van der Waals surface area (Å²) in [4.78, 5) is 29.0. The highest BCUT2D eigenvalue weighted by Crippen LogP contribution is 2.25. The molecule has 7 heteroatoms. The maximum Gasteiger partial charge on any atom is 0.329 e. The summed E-state index contributed by atoms with van der Waals surface area (Å²) < 4.78 is 2.84. The second-order valence-corrected chi connectivity index (χ2v) is 5.68. The van der Waals surface area contributed by atoms with Crippen LogP contribution in [-0.4, -0.2) is 28.0 Å². The average molecular weight is 349 g/mol. The van der Waals surface area contributed by atoms with E-state index in [1.54, 1.807) is 6.20 Å². The highest BCUT2D eigenvalue weighted by molar-refractivity contribution is 9.10. The molecule has 1 aromatic carbocycles. The van der Waals surface area contributed by atoms with Gasteiger partial charge in [-0.1, -0.05) is 28.1 Å². The van der Waals surface area contributed by atoms with E-state index >= 15 is 0 Å². The molecule has 1 saturated heterocycles. The molecule has 6 nitrogen and oxygen atoms in total. The summed E-state index contributed by atoms with van der Waals surface area (Å²) in [5, 5.41) is 2.31. The molecule has 0 saturated carbocycles. The summed E-state index contributed by atoms with van der Waals surface area (Å²) in [6.07, 6.45) is 1.94. The molecule has 0 radical (unpaired) electrons. The van der Waals surface area contributed by atoms with Crippen molar-refractivity contribution < 1.29 is 9.59 Å². The SMILES string of the molecule is Cn1c(N2CCC(=O)NC2=O)cnc1-c1ccc(Br)cc1. The van der Waals surface area contributed by atoms with Crippen LogP contribution in [0, 0.1) is 0 Å². The Morgan fingerprint density at radius 1 is 1.24 bits per heavy atom. The predicted octanol–water partition coefficient (Wildman–Crippen LogP) is 2.30. The first-order valence-electron chi connectivity index (χ1n) is 6.45. The summed E-state index contributed by atoms with van der Waals surface area (Å²) in [5.41, 5.74) is 0.959. The van der Waals surface area contributed by atoms with Gasteiger partial charge in [0.2, 0.25) is 5.91 Å². The van der Waals surface area contributed by atoms with Crippen molar-refractivity contribution in [2.45, 2.75) is 6.42 Å². The zero-order valence-corrected chi connectivity index (χ0v) is 12.9. The number of hydrogen-bond donors (Lipinski definition) is 1. The maximum absolute atomic E-state index is 11.9. The number of imidazole rings is 1. The predicted molar refractivity (Wildman–Crippen MR) is 81.8 cm³/mol. The molecule has 0 aliphatic carbocycles. The van der Waals surface area contributed by atoms with Gasteiger partial charge in [-0.15, -0.1) is 0 Å². The quantitative estimate of drug-likeness (QED) is 0.905. The normalized spacial score (nSPS) is 15.2. The van der Waals surface area contributed by atoms with E-state index in [2.05, 4.69) is 26.2 Å². The fourth-order valence-corrected chi connectivity index (χ4v) is 2.57. The van der Waals surface area contributed by atoms with Gasteiger partial charge in [0.05, 0.1) is 6.20 Å². The Morgan fingerprint density at radius 2 is 1.95 bits per heavy atom. The van der Waals surface area contributed by atoms with Gasteiger partial charge >= 0.3 is 6.03 Å². The largest absolute Gasteiger partial charge is 0.329 e. The molecule has 3 rings (SSSR count). The molecule has 1 aliphatic rings. The third-order valence-electron chi connectivity index (χ3n) is 3.40. The first kappa shape index (κ1) is 13.8. The Balaban J connectivity index is 1.94. The number of aromatic nitrogens is 2. The number of halogens is 1. The van der Waals surface area contributed by atoms with E-state index in [0.29, 0.717) is 18.8 Å². The highest BCUT2D eigenvalue weighted by Gasteiger charge is 2.27. The average Bonchev–Trinajstić information content (AvgIpc) is 2.82. The van der Waals surface area contributed by atoms with Crippen molar-refractivity contribution in [3.05, 3.63) is 34.9 Å². The molecular formula is C14H13BrN4O2. The number of carbonyl (C=O) groups is 2. The lowest BCUT2D eigenvalue weighted by Gasteiger charge is -2.26. The summed E-state index contributed by atoms with van der Waals surface area (Å²) in [6.45, 7) is 0.365. The van der Waals surface area contributed by atoms with Crippen LogP contribution in [0.2, 0.25) is 0 Å². The van der Waals surface area contributed by atoms with Gasteiger partial charge in [-0.25, -0.2) is 9.78 Å². The second-order valence-electron chi connectivity index (χ2n) is 4.76. The molecule has 3 amide bonds. The Morgan fingerprint density at radius 3 is 2.62 bits per heavy atom. The van der Waals surface area contributed by atoms with Crippen molar-refractivity contribution in [2.24, 2.45) is 7.05 Å². The van der Waals surface area contributed by atoms with Crippen molar-refractivity contribution in [3.63, 3.8) is 0 Å². The summed E-state index contributed by atoms with van der Waals surface area (Å²) in [6, 6.07) is 7.38. The third kappa shape index (κ3) is 2.56. The minimum Gasteiger partial charge on any atom is -0.314 e. The summed E-state index contributed by atoms with van der Waals surface area (Å²) in [5.74, 6) is 1.19. The maximum atomic E-state index is 11.9. The molecule has 1 N–H and O–H groups in total. The zero-order chi connectivity index (χ0) is 15.0. The van der Waals surface area contributed by atoms with Crippen LogP contribution in [-0.2, 0) is 11.8 Å². The van der Waals surface area contributed by atoms with Crippen LogP contribution in [0.15, 0.2) is 34.9 Å². The Kier molecular flexibility index (Phi) is 3.50. The van der Waals surface area contributed by atoms with E-state index in [1.165, 1.54) is 4.90 Å². The van der Waals surface area contributed by atoms with Gasteiger partial charge in [-0.2, -0.15) is 0 Å². The number of hydrogen-bond acceptors (Lipinski definition) is 3. The molecule has 108 valence electrons.